The van der Waals surface area contributed by atoms with Crippen LogP contribution in [-0.2, 0) is 6.54 Å². The van der Waals surface area contributed by atoms with E-state index < -0.39 is 16.6 Å². The molecule has 1 N–H and O–H groups in total. The van der Waals surface area contributed by atoms with Crippen LogP contribution in [0.3, 0.4) is 0 Å². The van der Waals surface area contributed by atoms with Crippen molar-refractivity contribution >= 4 is 11.6 Å². The highest BCUT2D eigenvalue weighted by Crippen LogP contribution is 1.94. The third-order valence-corrected chi connectivity index (χ3v) is 1.63. The van der Waals surface area contributed by atoms with Gasteiger partial charge in [0.2, 0.25) is 0 Å². The van der Waals surface area contributed by atoms with E-state index in [0.717, 1.165) is 0 Å². The van der Waals surface area contributed by atoms with Gasteiger partial charge in [-0.2, -0.15) is 5.26 Å². The second kappa shape index (κ2) is 3.92. The van der Waals surface area contributed by atoms with Gasteiger partial charge in [-0.15, -0.1) is 11.6 Å². The number of halogens is 1. The summed E-state index contributed by atoms with van der Waals surface area (Å²) in [4.78, 5) is 23.7. The van der Waals surface area contributed by atoms with Crippen LogP contribution in [0, 0.1) is 11.3 Å². The number of aromatic nitrogens is 2. The van der Waals surface area contributed by atoms with Crippen molar-refractivity contribution in [3.8, 4) is 6.07 Å². The van der Waals surface area contributed by atoms with Crippen LogP contribution < -0.4 is 11.2 Å². The molecule has 0 aliphatic heterocycles. The molecule has 5 nitrogen and oxygen atoms in total. The molecular formula is C7H6ClN3O2. The molecule has 13 heavy (non-hydrogen) atoms. The number of alkyl halides is 1. The Labute approximate surface area is 78.2 Å². The van der Waals surface area contributed by atoms with E-state index in [9.17, 15) is 9.59 Å². The standard InChI is InChI=1S/C7H6ClN3O2/c8-5(3-9)4-11-2-1-6(12)10-7(11)13/h1-2,5H,4H2,(H,10,12,13). The Kier molecular flexibility index (Phi) is 2.88. The summed E-state index contributed by atoms with van der Waals surface area (Å²) in [7, 11) is 0. The van der Waals surface area contributed by atoms with Crippen LogP contribution >= 0.6 is 11.6 Å². The molecule has 1 unspecified atom stereocenters. The number of H-pyrrole nitrogens is 1. The molecule has 0 bridgehead atoms. The van der Waals surface area contributed by atoms with Crippen molar-refractivity contribution < 1.29 is 0 Å². The van der Waals surface area contributed by atoms with E-state index in [4.69, 9.17) is 16.9 Å². The minimum Gasteiger partial charge on any atom is -0.298 e. The zero-order valence-corrected chi connectivity index (χ0v) is 7.28. The first-order valence-electron chi connectivity index (χ1n) is 3.47. The Balaban J connectivity index is 2.99. The molecule has 0 fully saturated rings. The van der Waals surface area contributed by atoms with Crippen LogP contribution in [0.4, 0.5) is 0 Å². The Hall–Kier alpha value is -1.54. The first-order valence-corrected chi connectivity index (χ1v) is 3.90. The Bertz CT molecular complexity index is 442. The van der Waals surface area contributed by atoms with Gasteiger partial charge >= 0.3 is 5.69 Å². The molecule has 1 heterocycles. The Morgan fingerprint density at radius 3 is 2.92 bits per heavy atom. The fraction of sp³-hybridized carbons (Fsp3) is 0.286. The summed E-state index contributed by atoms with van der Waals surface area (Å²) >= 11 is 5.50. The van der Waals surface area contributed by atoms with Crippen LogP contribution in [-0.4, -0.2) is 14.9 Å². The SMILES string of the molecule is N#CC(Cl)Cn1ccc(=O)[nH]c1=O. The lowest BCUT2D eigenvalue weighted by atomic mass is 10.4. The van der Waals surface area contributed by atoms with Crippen molar-refractivity contribution in [2.75, 3.05) is 0 Å². The van der Waals surface area contributed by atoms with Crippen LogP contribution in [0.25, 0.3) is 0 Å². The molecule has 0 saturated carbocycles. The minimum atomic E-state index is -0.774. The van der Waals surface area contributed by atoms with Crippen LogP contribution in [0.5, 0.6) is 0 Å². The molecule has 0 spiro atoms. The Morgan fingerprint density at radius 2 is 2.38 bits per heavy atom. The maximum Gasteiger partial charge on any atom is 0.328 e. The monoisotopic (exact) mass is 199 g/mol. The molecular weight excluding hydrogens is 194 g/mol. The summed E-state index contributed by atoms with van der Waals surface area (Å²) < 4.78 is 1.17. The van der Waals surface area contributed by atoms with E-state index in [2.05, 4.69) is 4.98 Å². The normalized spacial score (nSPS) is 12.0. The lowest BCUT2D eigenvalue weighted by Crippen LogP contribution is -2.30. The molecule has 0 aliphatic carbocycles. The van der Waals surface area contributed by atoms with Gasteiger partial charge in [0.15, 0.2) is 0 Å². The summed E-state index contributed by atoms with van der Waals surface area (Å²) in [5.74, 6) is 0. The molecule has 0 aliphatic rings. The summed E-state index contributed by atoms with van der Waals surface area (Å²) in [6.07, 6.45) is 1.30. The second-order valence-corrected chi connectivity index (χ2v) is 2.89. The van der Waals surface area contributed by atoms with E-state index >= 15 is 0 Å². The highest BCUT2D eigenvalue weighted by Gasteiger charge is 2.04. The molecule has 68 valence electrons. The maximum atomic E-state index is 11.0. The van der Waals surface area contributed by atoms with Crippen molar-refractivity contribution in [1.82, 2.24) is 9.55 Å². The predicted molar refractivity (Wildman–Crippen MR) is 46.6 cm³/mol. The predicted octanol–water partition coefficient (Wildman–Crippen LogP) is -0.332. The average Bonchev–Trinajstić information content (AvgIpc) is 2.09. The molecule has 0 radical (unpaired) electrons. The number of hydrogen-bond acceptors (Lipinski definition) is 3. The molecule has 0 aromatic carbocycles. The first kappa shape index (κ1) is 9.55. The van der Waals surface area contributed by atoms with Gasteiger partial charge in [0.1, 0.15) is 5.38 Å². The highest BCUT2D eigenvalue weighted by atomic mass is 35.5. The molecule has 0 saturated heterocycles. The van der Waals surface area contributed by atoms with Gasteiger partial charge in [0.05, 0.1) is 12.6 Å². The van der Waals surface area contributed by atoms with Crippen LogP contribution in [0.2, 0.25) is 0 Å². The van der Waals surface area contributed by atoms with Crippen LogP contribution in [0.15, 0.2) is 21.9 Å². The number of hydrogen-bond donors (Lipinski definition) is 1. The third-order valence-electron chi connectivity index (χ3n) is 1.39. The number of nitriles is 1. The van der Waals surface area contributed by atoms with Gasteiger partial charge in [-0.05, 0) is 0 Å². The summed E-state index contributed by atoms with van der Waals surface area (Å²) in [5, 5.41) is 7.60. The van der Waals surface area contributed by atoms with Gasteiger partial charge in [0.25, 0.3) is 5.56 Å². The molecule has 1 rings (SSSR count). The lowest BCUT2D eigenvalue weighted by Gasteiger charge is -2.02. The van der Waals surface area contributed by atoms with Gasteiger partial charge in [-0.1, -0.05) is 0 Å². The van der Waals surface area contributed by atoms with Gasteiger partial charge in [-0.25, -0.2) is 4.79 Å². The second-order valence-electron chi connectivity index (χ2n) is 2.36. The fourth-order valence-electron chi connectivity index (χ4n) is 0.802. The quantitative estimate of drug-likeness (QED) is 0.663. The maximum absolute atomic E-state index is 11.0. The number of rotatable bonds is 2. The van der Waals surface area contributed by atoms with E-state index in [1.54, 1.807) is 6.07 Å². The highest BCUT2D eigenvalue weighted by molar-refractivity contribution is 6.22. The lowest BCUT2D eigenvalue weighted by molar-refractivity contribution is 0.663. The molecule has 0 amide bonds. The summed E-state index contributed by atoms with van der Waals surface area (Å²) in [6, 6.07) is 2.97. The summed E-state index contributed by atoms with van der Waals surface area (Å²) in [6.45, 7) is 0.0632. The van der Waals surface area contributed by atoms with Gasteiger partial charge in [0, 0.05) is 12.3 Å². The first-order chi connectivity index (χ1) is 6.13. The molecule has 1 aromatic heterocycles. The topological polar surface area (TPSA) is 78.7 Å². The third kappa shape index (κ3) is 2.46. The van der Waals surface area contributed by atoms with Crippen LogP contribution in [0.1, 0.15) is 0 Å². The number of nitrogens with one attached hydrogen (secondary N) is 1. The van der Waals surface area contributed by atoms with E-state index in [1.165, 1.54) is 16.8 Å². The number of nitrogens with zero attached hydrogens (tertiary/aromatic N) is 2. The molecule has 1 aromatic rings. The zero-order chi connectivity index (χ0) is 9.84. The molecule has 6 heteroatoms. The van der Waals surface area contributed by atoms with E-state index in [-0.39, 0.29) is 6.54 Å². The minimum absolute atomic E-state index is 0.0632. The van der Waals surface area contributed by atoms with Crippen molar-refractivity contribution in [3.05, 3.63) is 33.1 Å². The van der Waals surface area contributed by atoms with Gasteiger partial charge < -0.3 is 0 Å². The van der Waals surface area contributed by atoms with Crippen molar-refractivity contribution in [2.24, 2.45) is 0 Å². The summed E-state index contributed by atoms with van der Waals surface area (Å²) in [5.41, 5.74) is -1.03. The fourth-order valence-corrected chi connectivity index (χ4v) is 0.950. The smallest absolute Gasteiger partial charge is 0.298 e. The van der Waals surface area contributed by atoms with Crippen molar-refractivity contribution in [2.45, 2.75) is 11.9 Å². The van der Waals surface area contributed by atoms with Gasteiger partial charge in [-0.3, -0.25) is 14.3 Å². The van der Waals surface area contributed by atoms with Crippen molar-refractivity contribution in [3.63, 3.8) is 0 Å². The van der Waals surface area contributed by atoms with E-state index in [1.807, 2.05) is 0 Å². The zero-order valence-electron chi connectivity index (χ0n) is 6.53. The average molecular weight is 200 g/mol. The number of aromatic amines is 1. The van der Waals surface area contributed by atoms with Crippen molar-refractivity contribution in [1.29, 1.82) is 5.26 Å². The molecule has 1 atom stereocenters. The largest absolute Gasteiger partial charge is 0.328 e. The Morgan fingerprint density at radius 1 is 1.69 bits per heavy atom. The van der Waals surface area contributed by atoms with E-state index in [0.29, 0.717) is 0 Å².